The van der Waals surface area contributed by atoms with E-state index in [1.54, 1.807) is 17.8 Å². The third-order valence-corrected chi connectivity index (χ3v) is 4.61. The molecule has 1 N–H and O–H groups in total. The van der Waals surface area contributed by atoms with E-state index < -0.39 is 0 Å². The Morgan fingerprint density at radius 3 is 2.54 bits per heavy atom. The molecule has 2 aromatic carbocycles. The van der Waals surface area contributed by atoms with E-state index in [1.807, 2.05) is 47.9 Å². The molecule has 0 radical (unpaired) electrons. The molecule has 0 heterocycles. The smallest absolute Gasteiger partial charge is 0.244 e. The van der Waals surface area contributed by atoms with Gasteiger partial charge in [-0.2, -0.15) is 0 Å². The van der Waals surface area contributed by atoms with E-state index in [0.717, 1.165) is 17.2 Å². The summed E-state index contributed by atoms with van der Waals surface area (Å²) in [6.45, 7) is 2.83. The molecule has 126 valence electrons. The quantitative estimate of drug-likeness (QED) is 0.666. The summed E-state index contributed by atoms with van der Waals surface area (Å²) in [6.07, 6.45) is 2.56. The molecule has 24 heavy (non-hydrogen) atoms. The molecule has 0 spiro atoms. The number of rotatable bonds is 8. The molecule has 2 rings (SSSR count). The van der Waals surface area contributed by atoms with Crippen molar-refractivity contribution >= 4 is 29.3 Å². The number of halogens is 1. The van der Waals surface area contributed by atoms with Crippen molar-refractivity contribution in [2.75, 3.05) is 6.54 Å². The van der Waals surface area contributed by atoms with E-state index in [0.29, 0.717) is 12.5 Å². The maximum absolute atomic E-state index is 11.8. The van der Waals surface area contributed by atoms with Crippen molar-refractivity contribution in [2.45, 2.75) is 19.1 Å². The first-order valence-corrected chi connectivity index (χ1v) is 9.40. The molecule has 0 bridgehead atoms. The lowest BCUT2D eigenvalue weighted by atomic mass is 10.0. The largest absolute Gasteiger partial charge is 0.352 e. The summed E-state index contributed by atoms with van der Waals surface area (Å²) in [7, 11) is 0. The van der Waals surface area contributed by atoms with Crippen LogP contribution in [0.25, 0.3) is 0 Å². The SMILES string of the molecule is CC(CNC(=O)/C=C\SCc1ccc(Cl)cc1)Cc1ccccc1. The Morgan fingerprint density at radius 2 is 1.83 bits per heavy atom. The molecule has 0 saturated heterocycles. The summed E-state index contributed by atoms with van der Waals surface area (Å²) < 4.78 is 0. The molecule has 4 heteroatoms. The first-order chi connectivity index (χ1) is 11.6. The highest BCUT2D eigenvalue weighted by atomic mass is 35.5. The van der Waals surface area contributed by atoms with Gasteiger partial charge in [0.15, 0.2) is 0 Å². The van der Waals surface area contributed by atoms with Crippen LogP contribution in [0.3, 0.4) is 0 Å². The second kappa shape index (κ2) is 10.2. The lowest BCUT2D eigenvalue weighted by molar-refractivity contribution is -0.116. The van der Waals surface area contributed by atoms with Crippen LogP contribution in [0.4, 0.5) is 0 Å². The van der Waals surface area contributed by atoms with Gasteiger partial charge in [0, 0.05) is 23.4 Å². The molecule has 0 fully saturated rings. The number of nitrogens with one attached hydrogen (secondary N) is 1. The highest BCUT2D eigenvalue weighted by Crippen LogP contribution is 2.16. The topological polar surface area (TPSA) is 29.1 Å². The van der Waals surface area contributed by atoms with E-state index in [9.17, 15) is 4.79 Å². The molecule has 1 amide bonds. The fourth-order valence-corrected chi connectivity index (χ4v) is 3.08. The Kier molecular flexibility index (Phi) is 7.93. The Balaban J connectivity index is 1.64. The minimum absolute atomic E-state index is 0.0430. The zero-order chi connectivity index (χ0) is 17.2. The van der Waals surface area contributed by atoms with Crippen molar-refractivity contribution in [3.8, 4) is 0 Å². The van der Waals surface area contributed by atoms with Gasteiger partial charge in [-0.15, -0.1) is 11.8 Å². The average Bonchev–Trinajstić information content (AvgIpc) is 2.59. The van der Waals surface area contributed by atoms with Gasteiger partial charge in [-0.3, -0.25) is 4.79 Å². The molecule has 2 nitrogen and oxygen atoms in total. The Bertz CT molecular complexity index is 655. The van der Waals surface area contributed by atoms with Gasteiger partial charge in [0.25, 0.3) is 0 Å². The van der Waals surface area contributed by atoms with Crippen LogP contribution < -0.4 is 5.32 Å². The van der Waals surface area contributed by atoms with Crippen LogP contribution >= 0.6 is 23.4 Å². The van der Waals surface area contributed by atoms with Gasteiger partial charge in [-0.25, -0.2) is 0 Å². The van der Waals surface area contributed by atoms with E-state index in [4.69, 9.17) is 11.6 Å². The molecule has 0 aliphatic rings. The molecule has 2 aromatic rings. The van der Waals surface area contributed by atoms with Gasteiger partial charge >= 0.3 is 0 Å². The Morgan fingerprint density at radius 1 is 1.12 bits per heavy atom. The fraction of sp³-hybridized carbons (Fsp3) is 0.250. The van der Waals surface area contributed by atoms with E-state index in [1.165, 1.54) is 11.1 Å². The first-order valence-electron chi connectivity index (χ1n) is 7.98. The summed E-state index contributed by atoms with van der Waals surface area (Å²) in [5.41, 5.74) is 2.49. The normalized spacial score (nSPS) is 12.2. The van der Waals surface area contributed by atoms with Crippen LogP contribution in [0.15, 0.2) is 66.1 Å². The van der Waals surface area contributed by atoms with Crippen molar-refractivity contribution in [2.24, 2.45) is 5.92 Å². The van der Waals surface area contributed by atoms with E-state index in [-0.39, 0.29) is 5.91 Å². The number of amides is 1. The van der Waals surface area contributed by atoms with Crippen LogP contribution in [0, 0.1) is 5.92 Å². The van der Waals surface area contributed by atoms with Crippen molar-refractivity contribution in [3.63, 3.8) is 0 Å². The summed E-state index contributed by atoms with van der Waals surface area (Å²) in [5, 5.41) is 5.53. The van der Waals surface area contributed by atoms with Crippen LogP contribution in [0.2, 0.25) is 5.02 Å². The van der Waals surface area contributed by atoms with Gasteiger partial charge in [-0.1, -0.05) is 61.0 Å². The number of carbonyl (C=O) groups is 1. The first kappa shape index (κ1) is 18.6. The molecule has 1 unspecified atom stereocenters. The third kappa shape index (κ3) is 7.24. The second-order valence-corrected chi connectivity index (χ2v) is 7.11. The molecular weight excluding hydrogens is 338 g/mol. The monoisotopic (exact) mass is 359 g/mol. The minimum Gasteiger partial charge on any atom is -0.352 e. The van der Waals surface area contributed by atoms with Crippen LogP contribution in [-0.4, -0.2) is 12.5 Å². The summed E-state index contributed by atoms with van der Waals surface area (Å²) in [6, 6.07) is 18.1. The molecule has 0 aromatic heterocycles. The lowest BCUT2D eigenvalue weighted by Gasteiger charge is -2.11. The van der Waals surface area contributed by atoms with Gasteiger partial charge in [0.1, 0.15) is 0 Å². The number of benzene rings is 2. The Hall–Kier alpha value is -1.71. The van der Waals surface area contributed by atoms with Crippen LogP contribution in [0.5, 0.6) is 0 Å². The zero-order valence-corrected chi connectivity index (χ0v) is 15.3. The minimum atomic E-state index is -0.0430. The van der Waals surface area contributed by atoms with Gasteiger partial charge in [0.05, 0.1) is 0 Å². The maximum Gasteiger partial charge on any atom is 0.244 e. The number of thioether (sulfide) groups is 1. The van der Waals surface area contributed by atoms with Crippen molar-refractivity contribution in [3.05, 3.63) is 82.2 Å². The Labute approximate surface area is 153 Å². The maximum atomic E-state index is 11.8. The van der Waals surface area contributed by atoms with E-state index in [2.05, 4.69) is 24.4 Å². The summed E-state index contributed by atoms with van der Waals surface area (Å²) in [5.74, 6) is 1.19. The molecule has 0 aliphatic carbocycles. The van der Waals surface area contributed by atoms with Crippen molar-refractivity contribution < 1.29 is 4.79 Å². The predicted octanol–water partition coefficient (Wildman–Crippen LogP) is 5.08. The number of hydrogen-bond donors (Lipinski definition) is 1. The van der Waals surface area contributed by atoms with Crippen LogP contribution in [0.1, 0.15) is 18.1 Å². The van der Waals surface area contributed by atoms with Gasteiger partial charge < -0.3 is 5.32 Å². The standard InChI is InChI=1S/C20H22ClNOS/c1-16(13-17-5-3-2-4-6-17)14-22-20(23)11-12-24-15-18-7-9-19(21)10-8-18/h2-12,16H,13-15H2,1H3,(H,22,23)/b12-11-. The van der Waals surface area contributed by atoms with Gasteiger partial charge in [-0.05, 0) is 41.0 Å². The molecule has 1 atom stereocenters. The second-order valence-electron chi connectivity index (χ2n) is 5.78. The predicted molar refractivity (Wildman–Crippen MR) is 104 cm³/mol. The summed E-state index contributed by atoms with van der Waals surface area (Å²) in [4.78, 5) is 11.8. The number of carbonyl (C=O) groups excluding carboxylic acids is 1. The lowest BCUT2D eigenvalue weighted by Crippen LogP contribution is -2.27. The summed E-state index contributed by atoms with van der Waals surface area (Å²) >= 11 is 7.45. The van der Waals surface area contributed by atoms with Crippen LogP contribution in [-0.2, 0) is 17.0 Å². The molecular formula is C20H22ClNOS. The highest BCUT2D eigenvalue weighted by molar-refractivity contribution is 8.01. The zero-order valence-electron chi connectivity index (χ0n) is 13.7. The van der Waals surface area contributed by atoms with Crippen molar-refractivity contribution in [1.82, 2.24) is 5.32 Å². The highest BCUT2D eigenvalue weighted by Gasteiger charge is 2.04. The van der Waals surface area contributed by atoms with Crippen molar-refractivity contribution in [1.29, 1.82) is 0 Å². The molecule has 0 aliphatic heterocycles. The third-order valence-electron chi connectivity index (χ3n) is 3.53. The average molecular weight is 360 g/mol. The molecule has 0 saturated carbocycles. The fourth-order valence-electron chi connectivity index (χ4n) is 2.26. The van der Waals surface area contributed by atoms with Gasteiger partial charge in [0.2, 0.25) is 5.91 Å². The number of hydrogen-bond acceptors (Lipinski definition) is 2. The van der Waals surface area contributed by atoms with E-state index >= 15 is 0 Å².